The van der Waals surface area contributed by atoms with Crippen LogP contribution in [0.5, 0.6) is 0 Å². The van der Waals surface area contributed by atoms with Gasteiger partial charge in [-0.05, 0) is 38.1 Å². The molecule has 1 N–H and O–H groups in total. The van der Waals surface area contributed by atoms with Crippen LogP contribution in [0.2, 0.25) is 0 Å². The smallest absolute Gasteiger partial charge is 0.303 e. The molecule has 0 spiro atoms. The lowest BCUT2D eigenvalue weighted by Crippen LogP contribution is -2.54. The molecule has 1 unspecified atom stereocenters. The van der Waals surface area contributed by atoms with Crippen LogP contribution in [0.25, 0.3) is 0 Å². The zero-order valence-electron chi connectivity index (χ0n) is 6.75. The van der Waals surface area contributed by atoms with Gasteiger partial charge in [-0.1, -0.05) is 0 Å². The molecule has 12 heavy (non-hydrogen) atoms. The molecule has 0 aromatic heterocycles. The maximum Gasteiger partial charge on any atom is 0.406 e. The van der Waals surface area contributed by atoms with Crippen molar-refractivity contribution in [3.05, 3.63) is 0 Å². The number of rotatable bonds is 1. The van der Waals surface area contributed by atoms with Crippen molar-refractivity contribution in [2.75, 3.05) is 6.54 Å². The normalized spacial score (nSPS) is 37.2. The monoisotopic (exact) mass is 179 g/mol. The van der Waals surface area contributed by atoms with Crippen molar-refractivity contribution in [1.29, 1.82) is 0 Å². The molecular formula is C8H12F3N. The maximum absolute atomic E-state index is 12.6. The fraction of sp³-hybridized carbons (Fsp3) is 1.00. The van der Waals surface area contributed by atoms with Crippen LogP contribution < -0.4 is 5.32 Å². The Kier molecular flexibility index (Phi) is 1.65. The molecule has 4 heteroatoms. The van der Waals surface area contributed by atoms with Crippen molar-refractivity contribution < 1.29 is 13.2 Å². The average molecular weight is 179 g/mol. The van der Waals surface area contributed by atoms with Crippen LogP contribution in [0.4, 0.5) is 13.2 Å². The van der Waals surface area contributed by atoms with Crippen LogP contribution in [0, 0.1) is 5.92 Å². The highest BCUT2D eigenvalue weighted by atomic mass is 19.4. The third kappa shape index (κ3) is 1.04. The van der Waals surface area contributed by atoms with E-state index in [4.69, 9.17) is 0 Å². The van der Waals surface area contributed by atoms with Gasteiger partial charge in [0.15, 0.2) is 0 Å². The minimum atomic E-state index is -4.05. The topological polar surface area (TPSA) is 12.0 Å². The minimum Gasteiger partial charge on any atom is -0.303 e. The Morgan fingerprint density at radius 3 is 2.25 bits per heavy atom. The number of hydrogen-bond acceptors (Lipinski definition) is 1. The molecule has 2 aliphatic rings. The fourth-order valence-electron chi connectivity index (χ4n) is 2.17. The first-order valence-electron chi connectivity index (χ1n) is 4.38. The first kappa shape index (κ1) is 8.35. The second-order valence-electron chi connectivity index (χ2n) is 3.77. The van der Waals surface area contributed by atoms with Gasteiger partial charge in [0.1, 0.15) is 5.54 Å². The molecule has 1 aliphatic carbocycles. The van der Waals surface area contributed by atoms with Crippen molar-refractivity contribution in [3.8, 4) is 0 Å². The van der Waals surface area contributed by atoms with Crippen molar-refractivity contribution in [2.24, 2.45) is 5.92 Å². The van der Waals surface area contributed by atoms with E-state index < -0.39 is 11.7 Å². The molecular weight excluding hydrogens is 167 g/mol. The first-order chi connectivity index (χ1) is 5.56. The van der Waals surface area contributed by atoms with E-state index >= 15 is 0 Å². The van der Waals surface area contributed by atoms with Gasteiger partial charge in [0.2, 0.25) is 0 Å². The van der Waals surface area contributed by atoms with E-state index in [-0.39, 0.29) is 12.3 Å². The largest absolute Gasteiger partial charge is 0.406 e. The number of halogens is 3. The Morgan fingerprint density at radius 2 is 1.92 bits per heavy atom. The van der Waals surface area contributed by atoms with Crippen LogP contribution in [-0.4, -0.2) is 18.3 Å². The molecule has 2 rings (SSSR count). The van der Waals surface area contributed by atoms with E-state index in [0.717, 1.165) is 12.8 Å². The van der Waals surface area contributed by atoms with Gasteiger partial charge in [-0.25, -0.2) is 0 Å². The van der Waals surface area contributed by atoms with Gasteiger partial charge in [0.05, 0.1) is 0 Å². The van der Waals surface area contributed by atoms with Crippen molar-refractivity contribution in [3.63, 3.8) is 0 Å². The number of alkyl halides is 3. The lowest BCUT2D eigenvalue weighted by Gasteiger charge is -2.32. The van der Waals surface area contributed by atoms with Crippen LogP contribution in [0.3, 0.4) is 0 Å². The highest BCUT2D eigenvalue weighted by Crippen LogP contribution is 2.52. The molecule has 1 atom stereocenters. The van der Waals surface area contributed by atoms with Crippen LogP contribution in [0.1, 0.15) is 25.7 Å². The SMILES string of the molecule is FC(F)(F)C1(C2CC2)CCCN1. The fourth-order valence-corrected chi connectivity index (χ4v) is 2.17. The highest BCUT2D eigenvalue weighted by molar-refractivity contribution is 5.08. The summed E-state index contributed by atoms with van der Waals surface area (Å²) in [6.45, 7) is 0.524. The minimum absolute atomic E-state index is 0.139. The second kappa shape index (κ2) is 2.37. The molecule has 1 saturated carbocycles. The van der Waals surface area contributed by atoms with E-state index in [9.17, 15) is 13.2 Å². The Bertz CT molecular complexity index is 177. The molecule has 1 nitrogen and oxygen atoms in total. The van der Waals surface area contributed by atoms with Crippen LogP contribution in [-0.2, 0) is 0 Å². The lowest BCUT2D eigenvalue weighted by molar-refractivity contribution is -0.198. The maximum atomic E-state index is 12.6. The highest BCUT2D eigenvalue weighted by Gasteiger charge is 2.63. The molecule has 0 radical (unpaired) electrons. The average Bonchev–Trinajstić information content (AvgIpc) is 2.67. The molecule has 0 amide bonds. The molecule has 1 heterocycles. The van der Waals surface area contributed by atoms with E-state index in [1.54, 1.807) is 0 Å². The lowest BCUT2D eigenvalue weighted by atomic mass is 9.91. The summed E-state index contributed by atoms with van der Waals surface area (Å²) in [5.41, 5.74) is -1.51. The van der Waals surface area contributed by atoms with Crippen LogP contribution >= 0.6 is 0 Å². The molecule has 70 valence electrons. The summed E-state index contributed by atoms with van der Waals surface area (Å²) in [4.78, 5) is 0. The van der Waals surface area contributed by atoms with Crippen molar-refractivity contribution in [1.82, 2.24) is 5.32 Å². The zero-order chi connectivity index (χ0) is 8.82. The Hall–Kier alpha value is -0.250. The van der Waals surface area contributed by atoms with Crippen molar-refractivity contribution in [2.45, 2.75) is 37.4 Å². The summed E-state index contributed by atoms with van der Waals surface area (Å²) in [7, 11) is 0. The Labute approximate surface area is 69.3 Å². The number of nitrogens with one attached hydrogen (secondary N) is 1. The second-order valence-corrected chi connectivity index (χ2v) is 3.77. The summed E-state index contributed by atoms with van der Waals surface area (Å²) in [5.74, 6) is -0.139. The predicted molar refractivity (Wildman–Crippen MR) is 38.7 cm³/mol. The summed E-state index contributed by atoms with van der Waals surface area (Å²) >= 11 is 0. The molecule has 0 bridgehead atoms. The van der Waals surface area contributed by atoms with E-state index in [1.165, 1.54) is 0 Å². The predicted octanol–water partition coefficient (Wildman–Crippen LogP) is 2.08. The molecule has 1 saturated heterocycles. The third-order valence-corrected chi connectivity index (χ3v) is 2.97. The summed E-state index contributed by atoms with van der Waals surface area (Å²) < 4.78 is 37.9. The number of hydrogen-bond donors (Lipinski definition) is 1. The zero-order valence-corrected chi connectivity index (χ0v) is 6.75. The van der Waals surface area contributed by atoms with Gasteiger partial charge >= 0.3 is 6.18 Å². The summed E-state index contributed by atoms with van der Waals surface area (Å²) in [5, 5.41) is 2.65. The van der Waals surface area contributed by atoms with Gasteiger partial charge in [0, 0.05) is 0 Å². The van der Waals surface area contributed by atoms with Gasteiger partial charge in [-0.15, -0.1) is 0 Å². The first-order valence-corrected chi connectivity index (χ1v) is 4.38. The van der Waals surface area contributed by atoms with E-state index in [0.29, 0.717) is 13.0 Å². The standard InChI is InChI=1S/C8H12F3N/c9-8(10,11)7(6-2-3-6)4-1-5-12-7/h6,12H,1-5H2. The molecule has 2 fully saturated rings. The third-order valence-electron chi connectivity index (χ3n) is 2.97. The van der Waals surface area contributed by atoms with Crippen molar-refractivity contribution >= 4 is 0 Å². The molecule has 1 aliphatic heterocycles. The van der Waals surface area contributed by atoms with Gasteiger partial charge in [0.25, 0.3) is 0 Å². The Morgan fingerprint density at radius 1 is 1.25 bits per heavy atom. The quantitative estimate of drug-likeness (QED) is 0.649. The summed E-state index contributed by atoms with van der Waals surface area (Å²) in [6, 6.07) is 0. The van der Waals surface area contributed by atoms with Gasteiger partial charge in [-0.2, -0.15) is 13.2 Å². The van der Waals surface area contributed by atoms with Gasteiger partial charge < -0.3 is 5.32 Å². The van der Waals surface area contributed by atoms with E-state index in [2.05, 4.69) is 5.32 Å². The van der Waals surface area contributed by atoms with Crippen LogP contribution in [0.15, 0.2) is 0 Å². The van der Waals surface area contributed by atoms with E-state index in [1.807, 2.05) is 0 Å². The molecule has 0 aromatic carbocycles. The van der Waals surface area contributed by atoms with Gasteiger partial charge in [-0.3, -0.25) is 0 Å². The summed E-state index contributed by atoms with van der Waals surface area (Å²) in [6.07, 6.45) is -1.62. The molecule has 0 aromatic rings. The Balaban J connectivity index is 2.21.